The lowest BCUT2D eigenvalue weighted by Gasteiger charge is -2.09. The Morgan fingerprint density at radius 2 is 1.89 bits per heavy atom. The van der Waals surface area contributed by atoms with E-state index >= 15 is 0 Å². The zero-order valence-corrected chi connectivity index (χ0v) is 10.8. The van der Waals surface area contributed by atoms with E-state index in [1.165, 1.54) is 11.1 Å². The van der Waals surface area contributed by atoms with Gasteiger partial charge in [-0.1, -0.05) is 6.07 Å². The minimum atomic E-state index is 0.738. The first-order chi connectivity index (χ1) is 8.79. The van der Waals surface area contributed by atoms with E-state index in [1.54, 1.807) is 0 Å². The molecule has 94 valence electrons. The Morgan fingerprint density at radius 1 is 1.11 bits per heavy atom. The molecule has 0 bridgehead atoms. The Hall–Kier alpha value is -2.10. The Labute approximate surface area is 107 Å². The predicted octanol–water partition coefficient (Wildman–Crippen LogP) is 2.83. The molecule has 0 aromatic carbocycles. The van der Waals surface area contributed by atoms with E-state index in [2.05, 4.69) is 34.4 Å². The van der Waals surface area contributed by atoms with Crippen LogP contribution in [0.4, 0.5) is 11.6 Å². The van der Waals surface area contributed by atoms with E-state index in [1.807, 2.05) is 36.7 Å². The molecule has 0 fully saturated rings. The zero-order chi connectivity index (χ0) is 12.8. The second-order valence-corrected chi connectivity index (χ2v) is 4.09. The summed E-state index contributed by atoms with van der Waals surface area (Å²) in [5, 5.41) is 6.50. The third-order valence-electron chi connectivity index (χ3n) is 2.71. The highest BCUT2D eigenvalue weighted by atomic mass is 15.1. The molecule has 2 N–H and O–H groups in total. The summed E-state index contributed by atoms with van der Waals surface area (Å²) in [5.74, 6) is 1.77. The van der Waals surface area contributed by atoms with E-state index in [4.69, 9.17) is 0 Å². The van der Waals surface area contributed by atoms with Gasteiger partial charge in [0.15, 0.2) is 0 Å². The molecular formula is C14H18N4. The van der Waals surface area contributed by atoms with Gasteiger partial charge in [0.1, 0.15) is 11.6 Å². The lowest BCUT2D eigenvalue weighted by molar-refractivity contribution is 1.06. The molecule has 0 saturated heterocycles. The molecule has 2 rings (SSSR count). The molecule has 2 aromatic heterocycles. The SMILES string of the molecule is CCNc1cccc(NCc2cnccc2C)n1. The monoisotopic (exact) mass is 242 g/mol. The summed E-state index contributed by atoms with van der Waals surface area (Å²) in [5.41, 5.74) is 2.42. The van der Waals surface area contributed by atoms with Crippen LogP contribution >= 0.6 is 0 Å². The Kier molecular flexibility index (Phi) is 4.12. The van der Waals surface area contributed by atoms with Crippen LogP contribution in [0.3, 0.4) is 0 Å². The summed E-state index contributed by atoms with van der Waals surface area (Å²) in [7, 11) is 0. The molecule has 0 aliphatic carbocycles. The van der Waals surface area contributed by atoms with Gasteiger partial charge in [-0.25, -0.2) is 4.98 Å². The molecule has 0 spiro atoms. The van der Waals surface area contributed by atoms with E-state index in [9.17, 15) is 0 Å². The van der Waals surface area contributed by atoms with Gasteiger partial charge in [-0.05, 0) is 43.2 Å². The lowest BCUT2D eigenvalue weighted by Crippen LogP contribution is -2.05. The first kappa shape index (κ1) is 12.4. The number of hydrogen-bond acceptors (Lipinski definition) is 4. The molecule has 0 unspecified atom stereocenters. The van der Waals surface area contributed by atoms with E-state index in [-0.39, 0.29) is 0 Å². The van der Waals surface area contributed by atoms with Crippen molar-refractivity contribution >= 4 is 11.6 Å². The van der Waals surface area contributed by atoms with Crippen LogP contribution in [0, 0.1) is 6.92 Å². The molecule has 4 nitrogen and oxygen atoms in total. The van der Waals surface area contributed by atoms with Gasteiger partial charge in [-0.3, -0.25) is 4.98 Å². The van der Waals surface area contributed by atoms with Gasteiger partial charge in [0.05, 0.1) is 0 Å². The molecule has 0 aliphatic rings. The molecule has 0 radical (unpaired) electrons. The van der Waals surface area contributed by atoms with Crippen molar-refractivity contribution in [1.82, 2.24) is 9.97 Å². The first-order valence-corrected chi connectivity index (χ1v) is 6.14. The molecule has 0 aliphatic heterocycles. The van der Waals surface area contributed by atoms with Gasteiger partial charge >= 0.3 is 0 Å². The highest BCUT2D eigenvalue weighted by Crippen LogP contribution is 2.11. The van der Waals surface area contributed by atoms with Gasteiger partial charge in [0, 0.05) is 25.5 Å². The van der Waals surface area contributed by atoms with Gasteiger partial charge in [-0.2, -0.15) is 0 Å². The zero-order valence-electron chi connectivity index (χ0n) is 10.8. The number of pyridine rings is 2. The smallest absolute Gasteiger partial charge is 0.128 e. The van der Waals surface area contributed by atoms with Crippen molar-refractivity contribution in [3.05, 3.63) is 47.8 Å². The minimum absolute atomic E-state index is 0.738. The van der Waals surface area contributed by atoms with Gasteiger partial charge < -0.3 is 10.6 Å². The van der Waals surface area contributed by atoms with Crippen molar-refractivity contribution in [3.63, 3.8) is 0 Å². The number of nitrogens with one attached hydrogen (secondary N) is 2. The second-order valence-electron chi connectivity index (χ2n) is 4.09. The Morgan fingerprint density at radius 3 is 2.61 bits per heavy atom. The maximum absolute atomic E-state index is 4.46. The van der Waals surface area contributed by atoms with Crippen molar-refractivity contribution in [2.75, 3.05) is 17.2 Å². The van der Waals surface area contributed by atoms with Crippen LogP contribution in [0.25, 0.3) is 0 Å². The van der Waals surface area contributed by atoms with E-state index in [0.29, 0.717) is 0 Å². The van der Waals surface area contributed by atoms with Gasteiger partial charge in [0.2, 0.25) is 0 Å². The van der Waals surface area contributed by atoms with Crippen molar-refractivity contribution < 1.29 is 0 Å². The largest absolute Gasteiger partial charge is 0.370 e. The summed E-state index contributed by atoms with van der Waals surface area (Å²) in [4.78, 5) is 8.60. The van der Waals surface area contributed by atoms with Crippen LogP contribution in [-0.4, -0.2) is 16.5 Å². The molecule has 0 saturated carbocycles. The van der Waals surface area contributed by atoms with Gasteiger partial charge in [-0.15, -0.1) is 0 Å². The summed E-state index contributed by atoms with van der Waals surface area (Å²) < 4.78 is 0. The fourth-order valence-corrected chi connectivity index (χ4v) is 1.68. The third-order valence-corrected chi connectivity index (χ3v) is 2.71. The molecule has 0 amide bonds. The standard InChI is InChI=1S/C14H18N4/c1-3-16-13-5-4-6-14(18-13)17-10-12-9-15-8-7-11(12)2/h4-9H,3,10H2,1-2H3,(H2,16,17,18). The van der Waals surface area contributed by atoms with Crippen molar-refractivity contribution in [1.29, 1.82) is 0 Å². The third kappa shape index (κ3) is 3.20. The van der Waals surface area contributed by atoms with Crippen LogP contribution < -0.4 is 10.6 Å². The number of anilines is 2. The van der Waals surface area contributed by atoms with Crippen molar-refractivity contribution in [2.24, 2.45) is 0 Å². The molecular weight excluding hydrogens is 224 g/mol. The molecule has 2 aromatic rings. The molecule has 0 atom stereocenters. The fraction of sp³-hybridized carbons (Fsp3) is 0.286. The number of aromatic nitrogens is 2. The number of nitrogens with zero attached hydrogens (tertiary/aromatic N) is 2. The second kappa shape index (κ2) is 6.00. The number of hydrogen-bond donors (Lipinski definition) is 2. The van der Waals surface area contributed by atoms with E-state index in [0.717, 1.165) is 24.7 Å². The van der Waals surface area contributed by atoms with Crippen molar-refractivity contribution in [2.45, 2.75) is 20.4 Å². The average Bonchev–Trinajstić information content (AvgIpc) is 2.39. The van der Waals surface area contributed by atoms with Crippen LogP contribution in [0.15, 0.2) is 36.7 Å². The Balaban J connectivity index is 2.02. The highest BCUT2D eigenvalue weighted by molar-refractivity contribution is 5.45. The predicted molar refractivity (Wildman–Crippen MR) is 74.7 cm³/mol. The maximum atomic E-state index is 4.46. The maximum Gasteiger partial charge on any atom is 0.128 e. The normalized spacial score (nSPS) is 10.1. The summed E-state index contributed by atoms with van der Waals surface area (Å²) in [6.07, 6.45) is 3.69. The lowest BCUT2D eigenvalue weighted by atomic mass is 10.1. The quantitative estimate of drug-likeness (QED) is 0.846. The summed E-state index contributed by atoms with van der Waals surface area (Å²) in [6, 6.07) is 7.93. The summed E-state index contributed by atoms with van der Waals surface area (Å²) >= 11 is 0. The van der Waals surface area contributed by atoms with E-state index < -0.39 is 0 Å². The number of rotatable bonds is 5. The molecule has 4 heteroatoms. The van der Waals surface area contributed by atoms with Gasteiger partial charge in [0.25, 0.3) is 0 Å². The fourth-order valence-electron chi connectivity index (χ4n) is 1.68. The average molecular weight is 242 g/mol. The first-order valence-electron chi connectivity index (χ1n) is 6.14. The van der Waals surface area contributed by atoms with Crippen molar-refractivity contribution in [3.8, 4) is 0 Å². The van der Waals surface area contributed by atoms with Crippen LogP contribution in [-0.2, 0) is 6.54 Å². The topological polar surface area (TPSA) is 49.8 Å². The number of aryl methyl sites for hydroxylation is 1. The molecule has 2 heterocycles. The Bertz CT molecular complexity index is 511. The minimum Gasteiger partial charge on any atom is -0.370 e. The highest BCUT2D eigenvalue weighted by Gasteiger charge is 1.99. The molecule has 18 heavy (non-hydrogen) atoms. The van der Waals surface area contributed by atoms with Crippen LogP contribution in [0.5, 0.6) is 0 Å². The summed E-state index contributed by atoms with van der Waals surface area (Å²) in [6.45, 7) is 5.75. The van der Waals surface area contributed by atoms with Crippen LogP contribution in [0.2, 0.25) is 0 Å². The van der Waals surface area contributed by atoms with Crippen LogP contribution in [0.1, 0.15) is 18.1 Å².